The molecule has 0 saturated heterocycles. The van der Waals surface area contributed by atoms with Gasteiger partial charge in [-0.25, -0.2) is 4.98 Å². The number of fused-ring (bicyclic) bond motifs is 2. The summed E-state index contributed by atoms with van der Waals surface area (Å²) < 4.78 is 0. The van der Waals surface area contributed by atoms with Crippen LogP contribution in [-0.4, -0.2) is 38.8 Å². The minimum atomic E-state index is -2.33. The first-order valence-corrected chi connectivity index (χ1v) is 9.88. The number of ketones is 4. The topological polar surface area (TPSA) is 113 Å². The third-order valence-corrected chi connectivity index (χ3v) is 5.88. The van der Waals surface area contributed by atoms with E-state index in [4.69, 9.17) is 0 Å². The first-order chi connectivity index (χ1) is 15.4. The maximum atomic E-state index is 13.7. The highest BCUT2D eigenvalue weighted by atomic mass is 16.3. The molecule has 0 unspecified atom stereocenters. The molecule has 2 aliphatic carbocycles. The average Bonchev–Trinajstić information content (AvgIpc) is 3.02. The number of carbonyl (C=O) groups is 4. The molecule has 1 heterocycles. The van der Waals surface area contributed by atoms with Crippen molar-refractivity contribution in [2.24, 2.45) is 0 Å². The number of rotatable bonds is 3. The monoisotopic (exact) mass is 424 g/mol. The molecule has 0 fully saturated rings. The van der Waals surface area contributed by atoms with Crippen LogP contribution in [0.15, 0.2) is 72.4 Å². The maximum absolute atomic E-state index is 13.7. The van der Waals surface area contributed by atoms with Gasteiger partial charge in [0.2, 0.25) is 23.1 Å². The number of nitrogens with zero attached hydrogens (tertiary/aromatic N) is 1. The predicted molar refractivity (Wildman–Crippen MR) is 116 cm³/mol. The molecule has 32 heavy (non-hydrogen) atoms. The van der Waals surface area contributed by atoms with Crippen molar-refractivity contribution in [3.63, 3.8) is 0 Å². The highest BCUT2D eigenvalue weighted by Gasteiger charge is 2.60. The highest BCUT2D eigenvalue weighted by molar-refractivity contribution is 6.56. The second-order valence-electron chi connectivity index (χ2n) is 7.68. The predicted octanol–water partition coefficient (Wildman–Crippen LogP) is 3.35. The molecule has 7 nitrogen and oxygen atoms in total. The van der Waals surface area contributed by atoms with Gasteiger partial charge in [-0.05, 0) is 18.6 Å². The summed E-state index contributed by atoms with van der Waals surface area (Å²) in [6, 6.07) is 15.6. The van der Waals surface area contributed by atoms with Gasteiger partial charge in [-0.3, -0.25) is 19.2 Å². The lowest BCUT2D eigenvalue weighted by molar-refractivity contribution is -0.112. The van der Waals surface area contributed by atoms with E-state index in [-0.39, 0.29) is 28.1 Å². The van der Waals surface area contributed by atoms with E-state index in [1.165, 1.54) is 30.5 Å². The van der Waals surface area contributed by atoms with Crippen molar-refractivity contribution in [3.05, 3.63) is 100 Å². The molecule has 0 amide bonds. The smallest absolute Gasteiger partial charge is 0.236 e. The van der Waals surface area contributed by atoms with Crippen molar-refractivity contribution < 1.29 is 24.3 Å². The van der Waals surface area contributed by atoms with E-state index in [1.54, 1.807) is 43.3 Å². The van der Waals surface area contributed by atoms with E-state index in [1.807, 2.05) is 0 Å². The summed E-state index contributed by atoms with van der Waals surface area (Å²) >= 11 is 0. The van der Waals surface area contributed by atoms with Crippen LogP contribution >= 0.6 is 0 Å². The van der Waals surface area contributed by atoms with Gasteiger partial charge < -0.3 is 10.4 Å². The molecule has 0 bridgehead atoms. The number of aromatic nitrogens is 1. The zero-order valence-electron chi connectivity index (χ0n) is 16.9. The normalized spacial score (nSPS) is 16.8. The van der Waals surface area contributed by atoms with Crippen LogP contribution in [0.25, 0.3) is 5.76 Å². The Kier molecular flexibility index (Phi) is 4.17. The number of anilines is 1. The number of pyridine rings is 1. The molecule has 2 aliphatic rings. The molecule has 0 radical (unpaired) electrons. The summed E-state index contributed by atoms with van der Waals surface area (Å²) in [5.41, 5.74) is -2.01. The summed E-state index contributed by atoms with van der Waals surface area (Å²) in [5, 5.41) is 14.0. The molecule has 0 atom stereocenters. The quantitative estimate of drug-likeness (QED) is 0.490. The van der Waals surface area contributed by atoms with Gasteiger partial charge in [-0.2, -0.15) is 0 Å². The van der Waals surface area contributed by atoms with Crippen molar-refractivity contribution >= 4 is 34.7 Å². The Morgan fingerprint density at radius 2 is 1.31 bits per heavy atom. The largest absolute Gasteiger partial charge is 0.507 e. The van der Waals surface area contributed by atoms with Gasteiger partial charge in [0.15, 0.2) is 5.54 Å². The number of Topliss-reactive ketones (excluding diaryl/α,β-unsaturated/α-hetero) is 4. The lowest BCUT2D eigenvalue weighted by atomic mass is 9.75. The second kappa shape index (κ2) is 6.81. The number of hydrogen-bond acceptors (Lipinski definition) is 7. The first kappa shape index (κ1) is 19.6. The van der Waals surface area contributed by atoms with Gasteiger partial charge in [0.1, 0.15) is 11.6 Å². The molecule has 2 aromatic carbocycles. The summed E-state index contributed by atoms with van der Waals surface area (Å²) in [7, 11) is 0. The molecular formula is C25H16N2O5. The number of hydrogen-bond donors (Lipinski definition) is 2. The van der Waals surface area contributed by atoms with Crippen molar-refractivity contribution in [2.75, 3.05) is 5.32 Å². The number of nitrogens with one attached hydrogen (secondary N) is 1. The molecular weight excluding hydrogens is 408 g/mol. The zero-order chi connectivity index (χ0) is 22.6. The highest BCUT2D eigenvalue weighted by Crippen LogP contribution is 2.43. The summed E-state index contributed by atoms with van der Waals surface area (Å²) in [6.45, 7) is 1.72. The number of carbonyl (C=O) groups excluding carboxylic acids is 4. The Morgan fingerprint density at radius 3 is 1.91 bits per heavy atom. The lowest BCUT2D eigenvalue weighted by Crippen LogP contribution is -2.55. The second-order valence-corrected chi connectivity index (χ2v) is 7.68. The molecule has 7 heteroatoms. The van der Waals surface area contributed by atoms with Crippen LogP contribution in [0.4, 0.5) is 5.82 Å². The van der Waals surface area contributed by atoms with Crippen LogP contribution in [0.2, 0.25) is 0 Å². The Labute approximate surface area is 182 Å². The number of aliphatic hydroxyl groups excluding tert-OH is 1. The van der Waals surface area contributed by atoms with Gasteiger partial charge in [0, 0.05) is 28.5 Å². The fourth-order valence-corrected chi connectivity index (χ4v) is 4.30. The molecule has 3 aromatic rings. The number of benzene rings is 2. The molecule has 0 spiro atoms. The summed E-state index contributed by atoms with van der Waals surface area (Å²) in [4.78, 5) is 57.9. The SMILES string of the molecule is Cc1cccnc1NC1(C2=C(O)c3ccccc3C(=O)C2=O)C(=O)c2ccccc2C1=O. The Hall–Kier alpha value is -4.39. The minimum absolute atomic E-state index is 0.0123. The lowest BCUT2D eigenvalue weighted by Gasteiger charge is -2.32. The van der Waals surface area contributed by atoms with Crippen molar-refractivity contribution in [1.82, 2.24) is 4.98 Å². The first-order valence-electron chi connectivity index (χ1n) is 9.88. The number of aryl methyl sites for hydroxylation is 1. The molecule has 0 aliphatic heterocycles. The van der Waals surface area contributed by atoms with E-state index < -0.39 is 40.0 Å². The van der Waals surface area contributed by atoms with Gasteiger partial charge >= 0.3 is 0 Å². The Morgan fingerprint density at radius 1 is 0.750 bits per heavy atom. The molecule has 0 saturated carbocycles. The number of aliphatic hydroxyl groups is 1. The summed E-state index contributed by atoms with van der Waals surface area (Å²) in [5.74, 6) is -3.88. The van der Waals surface area contributed by atoms with Crippen LogP contribution in [0, 0.1) is 6.92 Å². The Bertz CT molecular complexity index is 1370. The van der Waals surface area contributed by atoms with Crippen molar-refractivity contribution in [1.29, 1.82) is 0 Å². The Balaban J connectivity index is 1.84. The third kappa shape index (κ3) is 2.45. The van der Waals surface area contributed by atoms with Gasteiger partial charge in [-0.15, -0.1) is 0 Å². The van der Waals surface area contributed by atoms with Crippen LogP contribution in [0.1, 0.15) is 42.2 Å². The standard InChI is InChI=1S/C25H16N2O5/c1-13-7-6-12-26-24(13)27-25(22(31)16-10-4-5-11-17(16)23(25)32)18-19(28)14-8-2-3-9-15(14)20(29)21(18)30/h2-12,28H,1H3,(H,26,27). The van der Waals surface area contributed by atoms with Crippen LogP contribution in [0.3, 0.4) is 0 Å². The van der Waals surface area contributed by atoms with E-state index in [9.17, 15) is 24.3 Å². The van der Waals surface area contributed by atoms with Gasteiger partial charge in [0.25, 0.3) is 0 Å². The fourth-order valence-electron chi connectivity index (χ4n) is 4.30. The van der Waals surface area contributed by atoms with Crippen LogP contribution < -0.4 is 5.32 Å². The fraction of sp³-hybridized carbons (Fsp3) is 0.0800. The minimum Gasteiger partial charge on any atom is -0.507 e. The third-order valence-electron chi connectivity index (χ3n) is 5.88. The van der Waals surface area contributed by atoms with Crippen LogP contribution in [-0.2, 0) is 4.79 Å². The molecule has 2 N–H and O–H groups in total. The van der Waals surface area contributed by atoms with E-state index in [0.29, 0.717) is 5.56 Å². The van der Waals surface area contributed by atoms with Crippen LogP contribution in [0.5, 0.6) is 0 Å². The molecule has 1 aromatic heterocycles. The van der Waals surface area contributed by atoms with Crippen molar-refractivity contribution in [2.45, 2.75) is 12.5 Å². The van der Waals surface area contributed by atoms with Gasteiger partial charge in [0.05, 0.1) is 5.57 Å². The van der Waals surface area contributed by atoms with Crippen molar-refractivity contribution in [3.8, 4) is 0 Å². The molecule has 156 valence electrons. The van der Waals surface area contributed by atoms with Gasteiger partial charge in [-0.1, -0.05) is 54.6 Å². The average molecular weight is 424 g/mol. The summed E-state index contributed by atoms with van der Waals surface area (Å²) in [6.07, 6.45) is 1.47. The van der Waals surface area contributed by atoms with E-state index in [0.717, 1.165) is 0 Å². The maximum Gasteiger partial charge on any atom is 0.236 e. The molecule has 5 rings (SSSR count). The van der Waals surface area contributed by atoms with E-state index >= 15 is 0 Å². The zero-order valence-corrected chi connectivity index (χ0v) is 16.9. The van der Waals surface area contributed by atoms with E-state index in [2.05, 4.69) is 10.3 Å².